The molecule has 0 amide bonds. The Kier molecular flexibility index (Phi) is 2.68. The van der Waals surface area contributed by atoms with Crippen molar-refractivity contribution in [2.75, 3.05) is 0 Å². The van der Waals surface area contributed by atoms with Crippen molar-refractivity contribution in [1.29, 1.82) is 0 Å². The van der Waals surface area contributed by atoms with Crippen LogP contribution in [-0.2, 0) is 4.12 Å². The maximum absolute atomic E-state index is 5.16. The van der Waals surface area contributed by atoms with Gasteiger partial charge in [-0.05, 0) is 0 Å². The Hall–Kier alpha value is 1.04. The molecule has 6 heteroatoms. The van der Waals surface area contributed by atoms with Gasteiger partial charge in [-0.1, -0.05) is 0 Å². The molecule has 1 nitrogen and oxygen atoms in total. The van der Waals surface area contributed by atoms with Gasteiger partial charge in [-0.2, -0.15) is 0 Å². The Morgan fingerprint density at radius 1 is 0.833 bits per heavy atom. The summed E-state index contributed by atoms with van der Waals surface area (Å²) in [6.07, 6.45) is 0. The van der Waals surface area contributed by atoms with Crippen LogP contribution < -0.4 is 0 Å². The smallest absolute Gasteiger partial charge is 0.185 e. The molecule has 1 fully saturated rings. The van der Waals surface area contributed by atoms with Crippen molar-refractivity contribution in [3.8, 4) is 0 Å². The van der Waals surface area contributed by atoms with Gasteiger partial charge >= 0.3 is 0 Å². The Morgan fingerprint density at radius 2 is 1.50 bits per heavy atom. The molecule has 1 aliphatic heterocycles. The highest BCUT2D eigenvalue weighted by Crippen LogP contribution is 1.68. The largest absolute Gasteiger partial charge is 0.462 e. The average Bonchev–Trinajstić information content (AvgIpc) is 1.72. The zero-order valence-corrected chi connectivity index (χ0v) is 7.91. The molecule has 10 radical (unpaired) electrons. The first-order valence-corrected chi connectivity index (χ1v) is 10.2. The van der Waals surface area contributed by atoms with Crippen LogP contribution in [0.3, 0.4) is 0 Å². The van der Waals surface area contributed by atoms with Gasteiger partial charge in [0.05, 0.1) is 0 Å². The molecule has 26 valence electrons. The molecule has 1 aliphatic rings. The first-order valence-electron chi connectivity index (χ1n) is 1.41. The lowest BCUT2D eigenvalue weighted by Crippen LogP contribution is -2.33. The van der Waals surface area contributed by atoms with Crippen LogP contribution in [0, 0.1) is 0 Å². The highest BCUT2D eigenvalue weighted by molar-refractivity contribution is 7.55. The molecular formula is OSi5. The van der Waals surface area contributed by atoms with Crippen molar-refractivity contribution < 1.29 is 4.12 Å². The van der Waals surface area contributed by atoms with Crippen LogP contribution in [-0.4, -0.2) is 44.2 Å². The van der Waals surface area contributed by atoms with Crippen LogP contribution in [0.1, 0.15) is 0 Å². The Labute approximate surface area is 48.8 Å². The minimum atomic E-state index is 0.861. The second-order valence-electron chi connectivity index (χ2n) is 0.681. The Morgan fingerprint density at radius 3 is 1.67 bits per heavy atom. The van der Waals surface area contributed by atoms with E-state index < -0.39 is 0 Å². The molecule has 1 heterocycles. The summed E-state index contributed by atoms with van der Waals surface area (Å²) in [5, 5.41) is 0. The van der Waals surface area contributed by atoms with E-state index in [0.717, 1.165) is 35.7 Å². The Balaban J connectivity index is 2.00. The van der Waals surface area contributed by atoms with Crippen molar-refractivity contribution in [3.63, 3.8) is 0 Å². The fourth-order valence-corrected chi connectivity index (χ4v) is 17.9. The van der Waals surface area contributed by atoms with Crippen LogP contribution in [0.5, 0.6) is 0 Å². The molecule has 0 spiro atoms. The summed E-state index contributed by atoms with van der Waals surface area (Å²) in [5.74, 6) is 0. The van der Waals surface area contributed by atoms with Gasteiger partial charge in [0, 0.05) is 25.7 Å². The number of rotatable bonds is 0. The predicted molar refractivity (Wildman–Crippen MR) is 29.9 cm³/mol. The van der Waals surface area contributed by atoms with Crippen molar-refractivity contribution in [1.82, 2.24) is 0 Å². The van der Waals surface area contributed by atoms with Gasteiger partial charge in [0.25, 0.3) is 0 Å². The molecule has 0 aromatic rings. The summed E-state index contributed by atoms with van der Waals surface area (Å²) in [7, 11) is 5.29. The highest BCUT2D eigenvalue weighted by atomic mass is 29.8. The van der Waals surface area contributed by atoms with Crippen molar-refractivity contribution >= 4 is 44.2 Å². The quantitative estimate of drug-likeness (QED) is 0.370. The third kappa shape index (κ3) is 1.66. The summed E-state index contributed by atoms with van der Waals surface area (Å²) >= 11 is 0. The molecule has 1 rings (SSSR count). The van der Waals surface area contributed by atoms with Crippen LogP contribution >= 0.6 is 0 Å². The molecule has 0 aliphatic carbocycles. The monoisotopic (exact) mass is 156 g/mol. The summed E-state index contributed by atoms with van der Waals surface area (Å²) in [4.78, 5) is 0. The van der Waals surface area contributed by atoms with Gasteiger partial charge in [0.1, 0.15) is 0 Å². The van der Waals surface area contributed by atoms with E-state index in [1.165, 1.54) is 8.55 Å². The molecule has 0 saturated carbocycles. The molecule has 0 bridgehead atoms. The minimum absolute atomic E-state index is 0.861. The third-order valence-corrected chi connectivity index (χ3v) is 15.6. The van der Waals surface area contributed by atoms with Gasteiger partial charge in [-0.25, -0.2) is 0 Å². The van der Waals surface area contributed by atoms with Crippen molar-refractivity contribution in [2.45, 2.75) is 0 Å². The molecule has 0 aromatic carbocycles. The molecule has 1 saturated heterocycles. The lowest BCUT2D eigenvalue weighted by molar-refractivity contribution is 0.674. The van der Waals surface area contributed by atoms with Crippen LogP contribution in [0.2, 0.25) is 0 Å². The first kappa shape index (κ1) is 5.19. The SMILES string of the molecule is O1[Si][Si][Si][Si][Si]1. The maximum Gasteiger partial charge on any atom is 0.185 e. The molecular weight excluding hydrogens is 156 g/mol. The molecule has 0 atom stereocenters. The van der Waals surface area contributed by atoms with E-state index in [2.05, 4.69) is 0 Å². The fraction of sp³-hybridized carbons (Fsp3) is 0. The van der Waals surface area contributed by atoms with Crippen LogP contribution in [0.4, 0.5) is 0 Å². The lowest BCUT2D eigenvalue weighted by Gasteiger charge is -2.02. The van der Waals surface area contributed by atoms with E-state index in [-0.39, 0.29) is 0 Å². The standard InChI is InChI=1S/OSi5/c1-2-4-6-5-3-1. The van der Waals surface area contributed by atoms with E-state index in [1.54, 1.807) is 0 Å². The number of hydrogen-bond donors (Lipinski definition) is 0. The van der Waals surface area contributed by atoms with Gasteiger partial charge < -0.3 is 4.12 Å². The van der Waals surface area contributed by atoms with Crippen molar-refractivity contribution in [2.24, 2.45) is 0 Å². The Bertz CT molecular complexity index is 19.4. The summed E-state index contributed by atoms with van der Waals surface area (Å²) < 4.78 is 5.16. The third-order valence-electron chi connectivity index (χ3n) is 0.329. The fourth-order valence-electron chi connectivity index (χ4n) is 0.159. The maximum atomic E-state index is 5.16. The molecule has 6 heavy (non-hydrogen) atoms. The lowest BCUT2D eigenvalue weighted by atomic mass is 15.8. The van der Waals surface area contributed by atoms with E-state index in [9.17, 15) is 0 Å². The van der Waals surface area contributed by atoms with E-state index in [0.29, 0.717) is 0 Å². The summed E-state index contributed by atoms with van der Waals surface area (Å²) in [6.45, 7) is 0. The summed E-state index contributed by atoms with van der Waals surface area (Å²) in [6, 6.07) is 0. The van der Waals surface area contributed by atoms with Gasteiger partial charge in [0.15, 0.2) is 18.6 Å². The van der Waals surface area contributed by atoms with Crippen LogP contribution in [0.15, 0.2) is 0 Å². The van der Waals surface area contributed by atoms with Gasteiger partial charge in [-0.3, -0.25) is 0 Å². The molecule has 0 unspecified atom stereocenters. The summed E-state index contributed by atoms with van der Waals surface area (Å²) in [5.41, 5.74) is 0. The number of hydrogen-bond acceptors (Lipinski definition) is 1. The second-order valence-corrected chi connectivity index (χ2v) is 12.9. The van der Waals surface area contributed by atoms with E-state index >= 15 is 0 Å². The van der Waals surface area contributed by atoms with Gasteiger partial charge in [-0.15, -0.1) is 0 Å². The second kappa shape index (κ2) is 3.10. The topological polar surface area (TPSA) is 9.23 Å². The zero-order chi connectivity index (χ0) is 4.24. The highest BCUT2D eigenvalue weighted by Gasteiger charge is 2.02. The predicted octanol–water partition coefficient (Wildman–Crippen LogP) is -1.97. The average molecular weight is 156 g/mol. The van der Waals surface area contributed by atoms with E-state index in [1.807, 2.05) is 0 Å². The minimum Gasteiger partial charge on any atom is -0.462 e. The molecule has 0 N–H and O–H groups in total. The zero-order valence-electron chi connectivity index (χ0n) is 2.91. The van der Waals surface area contributed by atoms with Gasteiger partial charge in [0.2, 0.25) is 0 Å². The normalized spacial score (nSPS) is 24.0. The van der Waals surface area contributed by atoms with Crippen molar-refractivity contribution in [3.05, 3.63) is 0 Å². The van der Waals surface area contributed by atoms with Crippen LogP contribution in [0.25, 0.3) is 0 Å². The van der Waals surface area contributed by atoms with E-state index in [4.69, 9.17) is 4.12 Å². The molecule has 0 aromatic heterocycles. The first-order chi connectivity index (χ1) is 3.00.